The average molecular weight is 322 g/mol. The molecule has 0 atom stereocenters. The number of nitrogens with zero attached hydrogens (tertiary/aromatic N) is 2. The highest BCUT2D eigenvalue weighted by Crippen LogP contribution is 2.33. The summed E-state index contributed by atoms with van der Waals surface area (Å²) in [5.74, 6) is 1.33. The molecular formula is C22H30N2. The van der Waals surface area contributed by atoms with Gasteiger partial charge in [-0.2, -0.15) is 0 Å². The predicted molar refractivity (Wildman–Crippen MR) is 100 cm³/mol. The molecule has 24 heavy (non-hydrogen) atoms. The van der Waals surface area contributed by atoms with E-state index in [2.05, 4.69) is 24.3 Å². The Kier molecular flexibility index (Phi) is 5.10. The minimum atomic E-state index is 0.660. The van der Waals surface area contributed by atoms with E-state index < -0.39 is 0 Å². The molecule has 2 heterocycles. The van der Waals surface area contributed by atoms with Gasteiger partial charge in [-0.25, -0.2) is 0 Å². The van der Waals surface area contributed by atoms with E-state index in [4.69, 9.17) is 9.97 Å². The summed E-state index contributed by atoms with van der Waals surface area (Å²) < 4.78 is 0. The first-order chi connectivity index (χ1) is 11.9. The lowest BCUT2D eigenvalue weighted by Crippen LogP contribution is -2.07. The van der Waals surface area contributed by atoms with Crippen molar-refractivity contribution in [1.82, 2.24) is 9.97 Å². The van der Waals surface area contributed by atoms with Crippen LogP contribution in [0, 0.1) is 0 Å². The van der Waals surface area contributed by atoms with E-state index in [-0.39, 0.29) is 0 Å². The Morgan fingerprint density at radius 2 is 0.875 bits per heavy atom. The Morgan fingerprint density at radius 1 is 0.500 bits per heavy atom. The molecule has 2 nitrogen and oxygen atoms in total. The molecule has 0 aliphatic heterocycles. The van der Waals surface area contributed by atoms with Gasteiger partial charge in [0.1, 0.15) is 0 Å². The van der Waals surface area contributed by atoms with Gasteiger partial charge in [0, 0.05) is 23.2 Å². The van der Waals surface area contributed by atoms with Gasteiger partial charge in [0.25, 0.3) is 0 Å². The van der Waals surface area contributed by atoms with Crippen molar-refractivity contribution in [3.63, 3.8) is 0 Å². The normalized spacial score (nSPS) is 21.5. The minimum absolute atomic E-state index is 0.660. The van der Waals surface area contributed by atoms with Crippen LogP contribution in [0.3, 0.4) is 0 Å². The molecule has 2 heteroatoms. The third-order valence-corrected chi connectivity index (χ3v) is 6.13. The van der Waals surface area contributed by atoms with Crippen LogP contribution in [-0.4, -0.2) is 9.97 Å². The zero-order chi connectivity index (χ0) is 16.2. The van der Waals surface area contributed by atoms with Crippen molar-refractivity contribution < 1.29 is 0 Å². The summed E-state index contributed by atoms with van der Waals surface area (Å²) in [4.78, 5) is 9.95. The fraction of sp³-hybridized carbons (Fsp3) is 0.636. The molecule has 0 unspecified atom stereocenters. The second-order valence-corrected chi connectivity index (χ2v) is 7.89. The first-order valence-electron chi connectivity index (χ1n) is 10.2. The second-order valence-electron chi connectivity index (χ2n) is 7.89. The molecule has 0 saturated heterocycles. The Bertz CT molecular complexity index is 665. The molecule has 2 fully saturated rings. The van der Waals surface area contributed by atoms with Gasteiger partial charge in [0.05, 0.1) is 11.0 Å². The van der Waals surface area contributed by atoms with E-state index in [1.165, 1.54) is 88.4 Å². The summed E-state index contributed by atoms with van der Waals surface area (Å²) in [6.45, 7) is 0. The van der Waals surface area contributed by atoms with Crippen LogP contribution in [0.2, 0.25) is 0 Å². The molecule has 0 radical (unpaired) electrons. The van der Waals surface area contributed by atoms with Crippen LogP contribution < -0.4 is 0 Å². The van der Waals surface area contributed by atoms with Crippen molar-refractivity contribution in [2.45, 2.75) is 88.9 Å². The summed E-state index contributed by atoms with van der Waals surface area (Å²) in [5, 5.41) is 0. The Balaban J connectivity index is 1.56. The number of hydrogen-bond acceptors (Lipinski definition) is 2. The smallest absolute Gasteiger partial charge is 0.0890 e. The average Bonchev–Trinajstić information content (AvgIpc) is 2.61. The van der Waals surface area contributed by atoms with Gasteiger partial charge in [0.15, 0.2) is 0 Å². The van der Waals surface area contributed by atoms with E-state index in [9.17, 15) is 0 Å². The molecular weight excluding hydrogens is 292 g/mol. The van der Waals surface area contributed by atoms with E-state index in [1.54, 1.807) is 0 Å². The summed E-state index contributed by atoms with van der Waals surface area (Å²) in [7, 11) is 0. The quantitative estimate of drug-likeness (QED) is 0.630. The molecule has 2 aromatic heterocycles. The van der Waals surface area contributed by atoms with E-state index in [1.807, 2.05) is 0 Å². The van der Waals surface area contributed by atoms with E-state index >= 15 is 0 Å². The van der Waals surface area contributed by atoms with Crippen LogP contribution in [0.25, 0.3) is 11.0 Å². The monoisotopic (exact) mass is 322 g/mol. The molecule has 2 aromatic rings. The van der Waals surface area contributed by atoms with Crippen molar-refractivity contribution in [3.05, 3.63) is 35.7 Å². The van der Waals surface area contributed by atoms with Crippen molar-refractivity contribution >= 4 is 11.0 Å². The lowest BCUT2D eigenvalue weighted by atomic mass is 9.86. The molecule has 0 spiro atoms. The molecule has 2 saturated carbocycles. The SMILES string of the molecule is c1cc2nc(C3CCCCC3)ccc2nc1C1CCCCCCC1. The van der Waals surface area contributed by atoms with Gasteiger partial charge in [-0.15, -0.1) is 0 Å². The lowest BCUT2D eigenvalue weighted by Gasteiger charge is -2.22. The molecule has 0 amide bonds. The second kappa shape index (κ2) is 7.63. The van der Waals surface area contributed by atoms with Crippen molar-refractivity contribution in [1.29, 1.82) is 0 Å². The zero-order valence-electron chi connectivity index (χ0n) is 14.8. The third kappa shape index (κ3) is 3.63. The molecule has 0 bridgehead atoms. The molecule has 0 aromatic carbocycles. The van der Waals surface area contributed by atoms with Crippen LogP contribution in [0.1, 0.15) is 100 Å². The number of hydrogen-bond donors (Lipinski definition) is 0. The molecule has 128 valence electrons. The fourth-order valence-electron chi connectivity index (χ4n) is 4.65. The molecule has 2 aliphatic rings. The third-order valence-electron chi connectivity index (χ3n) is 6.13. The topological polar surface area (TPSA) is 25.8 Å². The Hall–Kier alpha value is -1.44. The van der Waals surface area contributed by atoms with Crippen LogP contribution in [0.5, 0.6) is 0 Å². The van der Waals surface area contributed by atoms with Crippen molar-refractivity contribution in [3.8, 4) is 0 Å². The van der Waals surface area contributed by atoms with Crippen molar-refractivity contribution in [2.24, 2.45) is 0 Å². The van der Waals surface area contributed by atoms with Gasteiger partial charge < -0.3 is 0 Å². The highest BCUT2D eigenvalue weighted by atomic mass is 14.8. The zero-order valence-corrected chi connectivity index (χ0v) is 14.8. The van der Waals surface area contributed by atoms with E-state index in [0.29, 0.717) is 11.8 Å². The lowest BCUT2D eigenvalue weighted by molar-refractivity contribution is 0.437. The van der Waals surface area contributed by atoms with Crippen molar-refractivity contribution in [2.75, 3.05) is 0 Å². The van der Waals surface area contributed by atoms with Crippen LogP contribution in [0.4, 0.5) is 0 Å². The van der Waals surface area contributed by atoms with Gasteiger partial charge in [0.2, 0.25) is 0 Å². The molecule has 4 rings (SSSR count). The van der Waals surface area contributed by atoms with Gasteiger partial charge in [-0.1, -0.05) is 51.4 Å². The standard InChI is InChI=1S/C22H30N2/c1-2-5-9-17(10-6-3-1)19-13-15-22-21(23-19)16-14-20(24-22)18-11-7-4-8-12-18/h13-18H,1-12H2. The van der Waals surface area contributed by atoms with Gasteiger partial charge in [-0.05, 0) is 49.9 Å². The van der Waals surface area contributed by atoms with Crippen LogP contribution in [0.15, 0.2) is 24.3 Å². The summed E-state index contributed by atoms with van der Waals surface area (Å²) in [6, 6.07) is 8.95. The number of aromatic nitrogens is 2. The summed E-state index contributed by atoms with van der Waals surface area (Å²) in [5.41, 5.74) is 4.78. The van der Waals surface area contributed by atoms with Crippen LogP contribution >= 0.6 is 0 Å². The van der Waals surface area contributed by atoms with E-state index in [0.717, 1.165) is 11.0 Å². The number of pyridine rings is 2. The number of rotatable bonds is 2. The molecule has 0 N–H and O–H groups in total. The first-order valence-corrected chi connectivity index (χ1v) is 10.2. The molecule has 2 aliphatic carbocycles. The summed E-state index contributed by atoms with van der Waals surface area (Å²) in [6.07, 6.45) is 16.3. The predicted octanol–water partition coefficient (Wildman–Crippen LogP) is 6.51. The first kappa shape index (κ1) is 16.1. The largest absolute Gasteiger partial charge is 0.251 e. The highest BCUT2D eigenvalue weighted by molar-refractivity contribution is 5.74. The Labute approximate surface area is 146 Å². The highest BCUT2D eigenvalue weighted by Gasteiger charge is 2.18. The maximum absolute atomic E-state index is 4.99. The van der Waals surface area contributed by atoms with Gasteiger partial charge >= 0.3 is 0 Å². The summed E-state index contributed by atoms with van der Waals surface area (Å²) >= 11 is 0. The Morgan fingerprint density at radius 3 is 1.33 bits per heavy atom. The number of fused-ring (bicyclic) bond motifs is 1. The van der Waals surface area contributed by atoms with Gasteiger partial charge in [-0.3, -0.25) is 9.97 Å². The minimum Gasteiger partial charge on any atom is -0.251 e. The fourth-order valence-corrected chi connectivity index (χ4v) is 4.65. The van der Waals surface area contributed by atoms with Crippen LogP contribution in [-0.2, 0) is 0 Å². The maximum Gasteiger partial charge on any atom is 0.0890 e. The maximum atomic E-state index is 4.99.